The summed E-state index contributed by atoms with van der Waals surface area (Å²) in [6.45, 7) is 4.00. The van der Waals surface area contributed by atoms with Gasteiger partial charge in [-0.25, -0.2) is 4.98 Å². The molecule has 456 valence electrons. The van der Waals surface area contributed by atoms with E-state index in [-0.39, 0.29) is 0 Å². The van der Waals surface area contributed by atoms with Gasteiger partial charge < -0.3 is 18.3 Å². The van der Waals surface area contributed by atoms with E-state index in [2.05, 4.69) is 121 Å². The third-order valence-electron chi connectivity index (χ3n) is 10.9. The van der Waals surface area contributed by atoms with Crippen LogP contribution in [-0.4, -0.2) is 72.7 Å². The highest BCUT2D eigenvalue weighted by atomic mass is 32.1. The number of H-pyrrole nitrogens is 1. The molecular formula is C74H79N9O4S2. The molecule has 17 rings (SSSR count). The summed E-state index contributed by atoms with van der Waals surface area (Å²) < 4.78 is 19.1. The Morgan fingerprint density at radius 3 is 1.17 bits per heavy atom. The van der Waals surface area contributed by atoms with Crippen molar-refractivity contribution in [3.8, 4) is 0 Å². The van der Waals surface area contributed by atoms with Crippen molar-refractivity contribution in [3.63, 3.8) is 0 Å². The van der Waals surface area contributed by atoms with Crippen LogP contribution in [0.3, 0.4) is 0 Å². The lowest BCUT2D eigenvalue weighted by Crippen LogP contribution is -2.03. The van der Waals surface area contributed by atoms with Crippen LogP contribution in [0.2, 0.25) is 0 Å². The summed E-state index contributed by atoms with van der Waals surface area (Å²) in [5, 5.41) is 16.0. The Balaban J connectivity index is 0.000000206. The summed E-state index contributed by atoms with van der Waals surface area (Å²) in [5.41, 5.74) is 5.33. The number of thiophene rings is 1. The van der Waals surface area contributed by atoms with E-state index in [9.17, 15) is 0 Å². The van der Waals surface area contributed by atoms with Crippen molar-refractivity contribution < 1.29 is 18.3 Å². The monoisotopic (exact) mass is 1220 g/mol. The average molecular weight is 1220 g/mol. The quantitative estimate of drug-likeness (QED) is 0.154. The van der Waals surface area contributed by atoms with Crippen LogP contribution < -0.4 is 0 Å². The molecule has 5 aromatic carbocycles. The summed E-state index contributed by atoms with van der Waals surface area (Å²) >= 11 is 3.31. The van der Waals surface area contributed by atoms with E-state index in [4.69, 9.17) is 9.47 Å². The van der Waals surface area contributed by atoms with E-state index in [1.807, 2.05) is 192 Å². The van der Waals surface area contributed by atoms with Crippen LogP contribution in [0.25, 0.3) is 21.7 Å². The largest absolute Gasteiger partial charge is 0.473 e. The first-order valence-electron chi connectivity index (χ1n) is 29.0. The van der Waals surface area contributed by atoms with Crippen molar-refractivity contribution in [3.05, 3.63) is 351 Å². The highest BCUT2D eigenvalue weighted by Gasteiger charge is 2.02. The molecule has 3 aliphatic heterocycles. The number of thiazole rings is 1. The van der Waals surface area contributed by atoms with Crippen molar-refractivity contribution in [2.45, 2.75) is 38.5 Å². The van der Waals surface area contributed by atoms with Crippen LogP contribution in [0.4, 0.5) is 5.69 Å². The van der Waals surface area contributed by atoms with E-state index in [0.29, 0.717) is 0 Å². The lowest BCUT2D eigenvalue weighted by Gasteiger charge is -2.08. The van der Waals surface area contributed by atoms with Gasteiger partial charge in [-0.3, -0.25) is 35.0 Å². The summed E-state index contributed by atoms with van der Waals surface area (Å²) in [6.07, 6.45) is 34.7. The van der Waals surface area contributed by atoms with Crippen LogP contribution in [0, 0.1) is 0 Å². The second-order valence-corrected chi connectivity index (χ2v) is 19.2. The van der Waals surface area contributed by atoms with Gasteiger partial charge in [0.05, 0.1) is 35.4 Å². The fourth-order valence-electron chi connectivity index (χ4n) is 6.74. The van der Waals surface area contributed by atoms with Crippen LogP contribution in [0.1, 0.15) is 37.7 Å². The molecule has 13 nitrogen and oxygen atoms in total. The molecular weight excluding hydrogens is 1140 g/mol. The molecule has 0 saturated carbocycles. The number of pyridine rings is 4. The van der Waals surface area contributed by atoms with Gasteiger partial charge in [0.25, 0.3) is 0 Å². The summed E-state index contributed by atoms with van der Waals surface area (Å²) in [4.78, 5) is 27.0. The number of nitrogens with zero attached hydrogens (tertiary/aromatic N) is 8. The number of benzene rings is 5. The highest BCUT2D eigenvalue weighted by molar-refractivity contribution is 7.07. The Morgan fingerprint density at radius 1 is 0.348 bits per heavy atom. The number of furan rings is 1. The summed E-state index contributed by atoms with van der Waals surface area (Å²) in [7, 11) is 0. The van der Waals surface area contributed by atoms with Gasteiger partial charge in [-0.1, -0.05) is 158 Å². The normalized spacial score (nSPS) is 11.0. The number of aromatic amines is 1. The first-order chi connectivity index (χ1) is 44.4. The molecule has 12 heterocycles. The zero-order valence-corrected chi connectivity index (χ0v) is 51.7. The van der Waals surface area contributed by atoms with Crippen molar-refractivity contribution >= 4 is 56.3 Å². The standard InChI is InChI=1S/C10H8.C9H7N.C8H7N.C6H6.3C5H5N.C5H10O.C4H8O.C4H4O.C4H4S.C3H4N2.C3H3NO.C3H3NS/c1-2-6-10-8-4-3-7-9(10)5-1;1-2-6-9-8(4-1)5-3-7-10-9;1-2-4-8-7(3-1)5-6-9-8;5*1-2-4-6-5-3-1;4*1-2-4-5-3-1;2*1-2-5-3-4-1/h1-8H;1-7H;1-4,6H,5H2;1-6H;3*1-5H;1-5H2;1-4H2;2*1-4H;1-3H,(H,4,5);2*1-3H. The smallest absolute Gasteiger partial charge is 0.180 e. The summed E-state index contributed by atoms with van der Waals surface area (Å²) in [6, 6.07) is 75.7. The predicted octanol–water partition coefficient (Wildman–Crippen LogP) is 19.2. The topological polar surface area (TPSA) is 163 Å². The average Bonchev–Trinajstić information content (AvgIpc) is 4.70. The first kappa shape index (κ1) is 71.3. The molecule has 9 aromatic heterocycles. The molecule has 2 fully saturated rings. The molecule has 0 aliphatic carbocycles. The van der Waals surface area contributed by atoms with Crippen molar-refractivity contribution in [2.75, 3.05) is 26.4 Å². The molecule has 0 spiro atoms. The van der Waals surface area contributed by atoms with E-state index in [1.54, 1.807) is 103 Å². The minimum absolute atomic E-state index is 1.00. The Labute approximate surface area is 532 Å². The van der Waals surface area contributed by atoms with Crippen molar-refractivity contribution in [1.29, 1.82) is 0 Å². The fourth-order valence-corrected chi connectivity index (χ4v) is 7.55. The van der Waals surface area contributed by atoms with Gasteiger partial charge in [-0.15, -0.1) is 11.3 Å². The van der Waals surface area contributed by atoms with Crippen LogP contribution in [-0.2, 0) is 15.9 Å². The van der Waals surface area contributed by atoms with Gasteiger partial charge in [0.1, 0.15) is 6.26 Å². The number of hydrogen-bond donors (Lipinski definition) is 1. The van der Waals surface area contributed by atoms with Gasteiger partial charge in [0.2, 0.25) is 0 Å². The minimum Gasteiger partial charge on any atom is -0.473 e. The maximum atomic E-state index is 5.07. The minimum atomic E-state index is 1.00. The molecule has 14 aromatic rings. The van der Waals surface area contributed by atoms with E-state index < -0.39 is 0 Å². The molecule has 0 amide bonds. The Hall–Kier alpha value is -10.2. The van der Waals surface area contributed by atoms with Crippen LogP contribution in [0.5, 0.6) is 0 Å². The van der Waals surface area contributed by atoms with E-state index in [1.165, 1.54) is 66.5 Å². The fraction of sp³-hybridized carbons (Fsp3) is 0.135. The number of rotatable bonds is 0. The lowest BCUT2D eigenvalue weighted by molar-refractivity contribution is 0.0968. The Morgan fingerprint density at radius 2 is 0.854 bits per heavy atom. The second kappa shape index (κ2) is 55.7. The molecule has 0 radical (unpaired) electrons. The first-order valence-corrected chi connectivity index (χ1v) is 30.9. The third-order valence-corrected chi connectivity index (χ3v) is 12.1. The number of nitrogens with one attached hydrogen (secondary N) is 1. The van der Waals surface area contributed by atoms with E-state index >= 15 is 0 Å². The molecule has 15 heteroatoms. The highest BCUT2D eigenvalue weighted by Crippen LogP contribution is 2.22. The molecule has 0 unspecified atom stereocenters. The second-order valence-electron chi connectivity index (χ2n) is 17.6. The number of ether oxygens (including phenoxy) is 2. The number of hydrogen-bond acceptors (Lipinski definition) is 14. The zero-order chi connectivity index (χ0) is 62.2. The molecule has 89 heavy (non-hydrogen) atoms. The summed E-state index contributed by atoms with van der Waals surface area (Å²) in [5.74, 6) is 0. The molecule has 3 aliphatic rings. The van der Waals surface area contributed by atoms with E-state index in [0.717, 1.165) is 44.1 Å². The maximum absolute atomic E-state index is 5.07. The molecule has 2 saturated heterocycles. The van der Waals surface area contributed by atoms with Gasteiger partial charge in [0.15, 0.2) is 6.39 Å². The Bertz CT molecular complexity index is 2840. The zero-order valence-electron chi connectivity index (χ0n) is 50.1. The van der Waals surface area contributed by atoms with Gasteiger partial charge >= 0.3 is 0 Å². The van der Waals surface area contributed by atoms with Crippen LogP contribution >= 0.6 is 22.7 Å². The third kappa shape index (κ3) is 42.3. The number of aromatic nitrogens is 8. The number of para-hydroxylation sites is 2. The lowest BCUT2D eigenvalue weighted by atomic mass is 10.1. The van der Waals surface area contributed by atoms with Gasteiger partial charge in [-0.05, 0) is 132 Å². The van der Waals surface area contributed by atoms with Crippen molar-refractivity contribution in [2.24, 2.45) is 4.99 Å². The predicted molar refractivity (Wildman–Crippen MR) is 368 cm³/mol. The number of oxazole rings is 1. The molecule has 0 atom stereocenters. The van der Waals surface area contributed by atoms with Gasteiger partial charge in [-0.2, -0.15) is 16.4 Å². The van der Waals surface area contributed by atoms with Crippen molar-refractivity contribution in [1.82, 2.24) is 40.1 Å². The number of aliphatic imine (C=N–C) groups is 1. The van der Waals surface area contributed by atoms with Crippen LogP contribution in [0.15, 0.2) is 359 Å². The molecule has 0 bridgehead atoms. The SMILES string of the molecule is C1=Nc2ccccc2C1.C1CCOC1.C1CCOCC1.c1ccc2ccccc2c1.c1ccc2ncccc2c1.c1ccccc1.c1ccncc1.c1ccncc1.c1ccncc1.c1ccoc1.c1ccsc1.c1cn[nH]c1.c1cocn1.c1cscn1. The maximum Gasteiger partial charge on any atom is 0.180 e. The molecule has 1 N–H and O–H groups in total. The number of fused-ring (bicyclic) bond motifs is 3. The van der Waals surface area contributed by atoms with Gasteiger partial charge in [0, 0.05) is 112 Å². The Kier molecular flexibility index (Phi) is 44.6.